The largest absolute Gasteiger partial charge is 0.376 e. The first-order valence-electron chi connectivity index (χ1n) is 12.1. The van der Waals surface area contributed by atoms with Gasteiger partial charge in [0.05, 0.1) is 28.9 Å². The number of halogens is 1. The molecule has 6 rings (SSSR count). The summed E-state index contributed by atoms with van der Waals surface area (Å²) in [5.74, 6) is 0.613. The minimum atomic E-state index is -0.163. The number of nitrogens with two attached hydrogens (primary N) is 1. The van der Waals surface area contributed by atoms with Crippen LogP contribution in [-0.4, -0.2) is 61.4 Å². The standard InChI is InChI=1S/C24H29ClN8O2/c1-4-33-11-15-16(30-33)6-5-14(18(15)25)19-17-21(29-28-19)27-23(31(3)22(17)34)32-9-7-24(8-10-32)12-35-13(2)20(24)26/h5-6,11,13,20H,4,7-10,12,26H2,1-3H3,(H,28,29)/t13-,20+/m0/s1. The Morgan fingerprint density at radius 1 is 1.31 bits per heavy atom. The summed E-state index contributed by atoms with van der Waals surface area (Å²) in [5, 5.41) is 13.7. The molecule has 10 nitrogen and oxygen atoms in total. The van der Waals surface area contributed by atoms with Crippen molar-refractivity contribution in [2.24, 2.45) is 18.2 Å². The Labute approximate surface area is 207 Å². The molecule has 11 heteroatoms. The number of aromatic nitrogens is 6. The van der Waals surface area contributed by atoms with Gasteiger partial charge in [0.2, 0.25) is 5.95 Å². The predicted molar refractivity (Wildman–Crippen MR) is 136 cm³/mol. The van der Waals surface area contributed by atoms with Crippen LogP contribution in [-0.2, 0) is 18.3 Å². The highest BCUT2D eigenvalue weighted by molar-refractivity contribution is 6.38. The van der Waals surface area contributed by atoms with Gasteiger partial charge in [0.15, 0.2) is 5.65 Å². The summed E-state index contributed by atoms with van der Waals surface area (Å²) in [6.07, 6.45) is 3.79. The van der Waals surface area contributed by atoms with Gasteiger partial charge in [-0.25, -0.2) is 0 Å². The van der Waals surface area contributed by atoms with E-state index in [1.165, 1.54) is 0 Å². The van der Waals surface area contributed by atoms with Gasteiger partial charge in [0, 0.05) is 55.3 Å². The number of piperidine rings is 1. The Morgan fingerprint density at radius 2 is 2.09 bits per heavy atom. The van der Waals surface area contributed by atoms with Crippen molar-refractivity contribution >= 4 is 39.5 Å². The maximum absolute atomic E-state index is 13.6. The molecule has 184 valence electrons. The SMILES string of the molecule is CCn1cc2c(Cl)c(-c3[nH]nc4nc(N5CCC6(CC5)CO[C@@H](C)[C@H]6N)n(C)c(=O)c34)ccc2n1. The molecule has 0 saturated carbocycles. The zero-order chi connectivity index (χ0) is 24.5. The van der Waals surface area contributed by atoms with Crippen LogP contribution in [0.5, 0.6) is 0 Å². The fraction of sp³-hybridized carbons (Fsp3) is 0.500. The van der Waals surface area contributed by atoms with Crippen molar-refractivity contribution in [3.8, 4) is 11.3 Å². The van der Waals surface area contributed by atoms with Gasteiger partial charge in [-0.1, -0.05) is 11.6 Å². The van der Waals surface area contributed by atoms with E-state index in [0.29, 0.717) is 39.9 Å². The second-order valence-electron chi connectivity index (χ2n) is 9.81. The Morgan fingerprint density at radius 3 is 2.77 bits per heavy atom. The number of hydrogen-bond donors (Lipinski definition) is 2. The van der Waals surface area contributed by atoms with E-state index in [1.807, 2.05) is 36.9 Å². The molecule has 0 unspecified atom stereocenters. The molecule has 2 aliphatic heterocycles. The van der Waals surface area contributed by atoms with Gasteiger partial charge in [-0.05, 0) is 38.8 Å². The first-order valence-corrected chi connectivity index (χ1v) is 12.4. The number of aromatic amines is 1. The number of rotatable bonds is 3. The minimum absolute atomic E-state index is 0.000630. The molecule has 0 bridgehead atoms. The lowest BCUT2D eigenvalue weighted by Crippen LogP contribution is -2.51. The molecule has 2 saturated heterocycles. The number of hydrogen-bond acceptors (Lipinski definition) is 7. The predicted octanol–water partition coefficient (Wildman–Crippen LogP) is 2.68. The number of nitrogens with zero attached hydrogens (tertiary/aromatic N) is 6. The summed E-state index contributed by atoms with van der Waals surface area (Å²) in [7, 11) is 1.76. The maximum Gasteiger partial charge on any atom is 0.266 e. The van der Waals surface area contributed by atoms with E-state index in [4.69, 9.17) is 27.1 Å². The number of H-pyrrole nitrogens is 1. The lowest BCUT2D eigenvalue weighted by atomic mass is 9.73. The molecule has 4 aromatic rings. The van der Waals surface area contributed by atoms with Crippen molar-refractivity contribution < 1.29 is 4.74 Å². The lowest BCUT2D eigenvalue weighted by molar-refractivity contribution is 0.0973. The number of benzene rings is 1. The van der Waals surface area contributed by atoms with E-state index < -0.39 is 0 Å². The van der Waals surface area contributed by atoms with Crippen LogP contribution in [0.2, 0.25) is 5.02 Å². The third-order valence-corrected chi connectivity index (χ3v) is 8.33. The fourth-order valence-corrected chi connectivity index (χ4v) is 5.91. The average Bonchev–Trinajstić information content (AvgIpc) is 3.56. The van der Waals surface area contributed by atoms with Gasteiger partial charge in [-0.15, -0.1) is 0 Å². The minimum Gasteiger partial charge on any atom is -0.376 e. The van der Waals surface area contributed by atoms with Crippen LogP contribution >= 0.6 is 11.6 Å². The first kappa shape index (κ1) is 22.5. The molecule has 3 aromatic heterocycles. The van der Waals surface area contributed by atoms with E-state index >= 15 is 0 Å². The maximum atomic E-state index is 13.6. The first-order chi connectivity index (χ1) is 16.8. The second kappa shape index (κ2) is 8.04. The molecular formula is C24H29ClN8O2. The monoisotopic (exact) mass is 496 g/mol. The number of anilines is 1. The van der Waals surface area contributed by atoms with E-state index in [-0.39, 0.29) is 23.1 Å². The summed E-state index contributed by atoms with van der Waals surface area (Å²) >= 11 is 6.77. The number of aryl methyl sites for hydroxylation is 1. The summed E-state index contributed by atoms with van der Waals surface area (Å²) in [6, 6.07) is 3.81. The molecule has 2 fully saturated rings. The molecule has 1 aromatic carbocycles. The van der Waals surface area contributed by atoms with Crippen molar-refractivity contribution in [3.63, 3.8) is 0 Å². The molecule has 2 aliphatic rings. The number of ether oxygens (including phenoxy) is 1. The number of fused-ring (bicyclic) bond motifs is 2. The van der Waals surface area contributed by atoms with E-state index in [9.17, 15) is 4.79 Å². The van der Waals surface area contributed by atoms with Crippen LogP contribution in [0, 0.1) is 5.41 Å². The molecule has 0 aliphatic carbocycles. The van der Waals surface area contributed by atoms with Gasteiger partial charge >= 0.3 is 0 Å². The van der Waals surface area contributed by atoms with Crippen LogP contribution in [0.4, 0.5) is 5.95 Å². The van der Waals surface area contributed by atoms with Gasteiger partial charge in [-0.3, -0.25) is 19.1 Å². The van der Waals surface area contributed by atoms with Crippen LogP contribution < -0.4 is 16.2 Å². The fourth-order valence-electron chi connectivity index (χ4n) is 5.61. The molecular weight excluding hydrogens is 468 g/mol. The van der Waals surface area contributed by atoms with E-state index in [1.54, 1.807) is 11.6 Å². The third kappa shape index (κ3) is 3.30. The van der Waals surface area contributed by atoms with Crippen molar-refractivity contribution in [3.05, 3.63) is 33.7 Å². The molecule has 1 spiro atoms. The highest BCUT2D eigenvalue weighted by atomic mass is 35.5. The van der Waals surface area contributed by atoms with E-state index in [2.05, 4.69) is 20.2 Å². The summed E-state index contributed by atoms with van der Waals surface area (Å²) < 4.78 is 9.29. The Balaban J connectivity index is 1.37. The van der Waals surface area contributed by atoms with Crippen molar-refractivity contribution in [1.29, 1.82) is 0 Å². The smallest absolute Gasteiger partial charge is 0.266 e. The number of nitrogens with one attached hydrogen (secondary N) is 1. The highest BCUT2D eigenvalue weighted by Crippen LogP contribution is 2.42. The zero-order valence-corrected chi connectivity index (χ0v) is 20.8. The highest BCUT2D eigenvalue weighted by Gasteiger charge is 2.47. The molecule has 2 atom stereocenters. The summed E-state index contributed by atoms with van der Waals surface area (Å²) in [5.41, 5.74) is 8.77. The average molecular weight is 497 g/mol. The molecule has 3 N–H and O–H groups in total. The Bertz CT molecular complexity index is 1500. The van der Waals surface area contributed by atoms with Crippen LogP contribution in [0.1, 0.15) is 26.7 Å². The molecule has 0 amide bonds. The van der Waals surface area contributed by atoms with Gasteiger partial charge in [0.25, 0.3) is 5.56 Å². The molecule has 0 radical (unpaired) electrons. The van der Waals surface area contributed by atoms with Crippen LogP contribution in [0.15, 0.2) is 23.1 Å². The summed E-state index contributed by atoms with van der Waals surface area (Å²) in [6.45, 7) is 7.03. The third-order valence-electron chi connectivity index (χ3n) is 7.92. The Hall–Kier alpha value is -2.95. The lowest BCUT2D eigenvalue weighted by Gasteiger charge is -2.41. The topological polar surface area (TPSA) is 120 Å². The van der Waals surface area contributed by atoms with E-state index in [0.717, 1.165) is 43.4 Å². The van der Waals surface area contributed by atoms with Crippen molar-refractivity contribution in [2.75, 3.05) is 24.6 Å². The van der Waals surface area contributed by atoms with Crippen LogP contribution in [0.3, 0.4) is 0 Å². The van der Waals surface area contributed by atoms with Gasteiger partial charge in [-0.2, -0.15) is 15.2 Å². The zero-order valence-electron chi connectivity index (χ0n) is 20.1. The molecule has 5 heterocycles. The van der Waals surface area contributed by atoms with Crippen LogP contribution in [0.25, 0.3) is 33.2 Å². The Kier molecular flexibility index (Phi) is 5.17. The summed E-state index contributed by atoms with van der Waals surface area (Å²) in [4.78, 5) is 20.5. The van der Waals surface area contributed by atoms with Gasteiger partial charge in [0.1, 0.15) is 5.39 Å². The van der Waals surface area contributed by atoms with Crippen molar-refractivity contribution in [1.82, 2.24) is 29.5 Å². The van der Waals surface area contributed by atoms with Gasteiger partial charge < -0.3 is 15.4 Å². The second-order valence-corrected chi connectivity index (χ2v) is 10.2. The van der Waals surface area contributed by atoms with Crippen molar-refractivity contribution in [2.45, 2.75) is 45.4 Å². The normalized spacial score (nSPS) is 22.1. The molecule has 35 heavy (non-hydrogen) atoms. The quantitative estimate of drug-likeness (QED) is 0.447.